The van der Waals surface area contributed by atoms with Gasteiger partial charge in [0.15, 0.2) is 12.0 Å². The zero-order chi connectivity index (χ0) is 9.68. The molecule has 0 fully saturated rings. The predicted molar refractivity (Wildman–Crippen MR) is 47.3 cm³/mol. The van der Waals surface area contributed by atoms with Crippen LogP contribution >= 0.6 is 0 Å². The molecular weight excluding hydrogens is 170 g/mol. The molecule has 13 heavy (non-hydrogen) atoms. The van der Waals surface area contributed by atoms with Crippen molar-refractivity contribution < 1.29 is 14.3 Å². The molecule has 0 amide bonds. The van der Waals surface area contributed by atoms with E-state index in [4.69, 9.17) is 9.47 Å². The van der Waals surface area contributed by atoms with Gasteiger partial charge in [-0.25, -0.2) is 4.98 Å². The fraction of sp³-hybridized carbons (Fsp3) is 0.333. The Morgan fingerprint density at radius 1 is 1.62 bits per heavy atom. The Labute approximate surface area is 76.5 Å². The molecule has 0 saturated heterocycles. The quantitative estimate of drug-likeness (QED) is 0.657. The van der Waals surface area contributed by atoms with Gasteiger partial charge in [-0.05, 0) is 13.0 Å². The molecule has 1 aromatic rings. The largest absolute Gasteiger partial charge is 0.488 e. The summed E-state index contributed by atoms with van der Waals surface area (Å²) in [5, 5.41) is 0. The summed E-state index contributed by atoms with van der Waals surface area (Å²) in [6, 6.07) is 1.60. The molecule has 0 aliphatic heterocycles. The number of methoxy groups -OCH3 is 1. The van der Waals surface area contributed by atoms with Crippen molar-refractivity contribution >= 4 is 6.29 Å². The molecule has 1 aromatic heterocycles. The first-order chi connectivity index (χ1) is 6.31. The van der Waals surface area contributed by atoms with Crippen LogP contribution in [-0.2, 0) is 0 Å². The van der Waals surface area contributed by atoms with Gasteiger partial charge in [-0.1, -0.05) is 0 Å². The molecule has 0 unspecified atom stereocenters. The van der Waals surface area contributed by atoms with Crippen molar-refractivity contribution in [2.24, 2.45) is 0 Å². The summed E-state index contributed by atoms with van der Waals surface area (Å²) in [4.78, 5) is 14.3. The van der Waals surface area contributed by atoms with E-state index in [-0.39, 0.29) is 0 Å². The van der Waals surface area contributed by atoms with Crippen LogP contribution in [-0.4, -0.2) is 25.0 Å². The number of hydrogen-bond acceptors (Lipinski definition) is 4. The van der Waals surface area contributed by atoms with E-state index in [0.717, 1.165) is 6.29 Å². The van der Waals surface area contributed by atoms with Gasteiger partial charge in [0.2, 0.25) is 0 Å². The van der Waals surface area contributed by atoms with Crippen LogP contribution in [0.5, 0.6) is 11.6 Å². The first-order valence-electron chi connectivity index (χ1n) is 3.93. The highest BCUT2D eigenvalue weighted by atomic mass is 16.5. The van der Waals surface area contributed by atoms with Crippen molar-refractivity contribution in [2.75, 3.05) is 13.7 Å². The lowest BCUT2D eigenvalue weighted by atomic mass is 10.3. The van der Waals surface area contributed by atoms with Gasteiger partial charge in [-0.2, -0.15) is 0 Å². The van der Waals surface area contributed by atoms with Crippen LogP contribution in [0.15, 0.2) is 12.3 Å². The summed E-state index contributed by atoms with van der Waals surface area (Å²) in [7, 11) is 1.51. The molecule has 0 N–H and O–H groups in total. The highest BCUT2D eigenvalue weighted by Crippen LogP contribution is 2.24. The monoisotopic (exact) mass is 181 g/mol. The second-order valence-corrected chi connectivity index (χ2v) is 2.33. The molecule has 1 rings (SSSR count). The molecule has 0 radical (unpaired) electrons. The van der Waals surface area contributed by atoms with E-state index in [9.17, 15) is 4.79 Å². The molecule has 0 aliphatic rings. The van der Waals surface area contributed by atoms with E-state index in [1.54, 1.807) is 6.07 Å². The Morgan fingerprint density at radius 2 is 2.38 bits per heavy atom. The van der Waals surface area contributed by atoms with E-state index in [1.165, 1.54) is 13.3 Å². The third kappa shape index (κ3) is 2.18. The standard InChI is InChI=1S/C9H11NO3/c1-3-13-8-4-7(6-11)5-10-9(8)12-2/h4-6H,3H2,1-2H3. The Kier molecular flexibility index (Phi) is 3.25. The third-order valence-corrected chi connectivity index (χ3v) is 1.47. The summed E-state index contributed by atoms with van der Waals surface area (Å²) in [6.45, 7) is 2.37. The van der Waals surface area contributed by atoms with E-state index < -0.39 is 0 Å². The average Bonchev–Trinajstić information content (AvgIpc) is 2.18. The maximum atomic E-state index is 10.4. The van der Waals surface area contributed by atoms with E-state index in [2.05, 4.69) is 4.98 Å². The van der Waals surface area contributed by atoms with E-state index >= 15 is 0 Å². The third-order valence-electron chi connectivity index (χ3n) is 1.47. The summed E-state index contributed by atoms with van der Waals surface area (Å²) in [5.74, 6) is 0.891. The minimum Gasteiger partial charge on any atom is -0.488 e. The van der Waals surface area contributed by atoms with Crippen molar-refractivity contribution in [3.63, 3.8) is 0 Å². The second kappa shape index (κ2) is 4.45. The molecule has 0 spiro atoms. The van der Waals surface area contributed by atoms with Crippen molar-refractivity contribution in [3.8, 4) is 11.6 Å². The van der Waals surface area contributed by atoms with Crippen LogP contribution in [0.2, 0.25) is 0 Å². The van der Waals surface area contributed by atoms with Crippen LogP contribution < -0.4 is 9.47 Å². The molecule has 0 aromatic carbocycles. The van der Waals surface area contributed by atoms with Gasteiger partial charge in [0.25, 0.3) is 5.88 Å². The molecule has 4 heteroatoms. The number of rotatable bonds is 4. The summed E-state index contributed by atoms with van der Waals surface area (Å²) in [5.41, 5.74) is 0.476. The van der Waals surface area contributed by atoms with Gasteiger partial charge < -0.3 is 9.47 Å². The summed E-state index contributed by atoms with van der Waals surface area (Å²) in [6.07, 6.45) is 2.16. The smallest absolute Gasteiger partial charge is 0.256 e. The first-order valence-corrected chi connectivity index (χ1v) is 3.93. The average molecular weight is 181 g/mol. The number of ether oxygens (including phenoxy) is 2. The Hall–Kier alpha value is -1.58. The predicted octanol–water partition coefficient (Wildman–Crippen LogP) is 1.30. The fourth-order valence-electron chi connectivity index (χ4n) is 0.924. The van der Waals surface area contributed by atoms with Crippen LogP contribution in [0.25, 0.3) is 0 Å². The normalized spacial score (nSPS) is 9.38. The minimum atomic E-state index is 0.396. The van der Waals surface area contributed by atoms with Crippen LogP contribution in [0, 0.1) is 0 Å². The summed E-state index contributed by atoms with van der Waals surface area (Å²) < 4.78 is 10.2. The highest BCUT2D eigenvalue weighted by molar-refractivity contribution is 5.75. The molecule has 0 bridgehead atoms. The molecule has 4 nitrogen and oxygen atoms in total. The van der Waals surface area contributed by atoms with Crippen molar-refractivity contribution in [3.05, 3.63) is 17.8 Å². The van der Waals surface area contributed by atoms with Gasteiger partial charge in [0.05, 0.1) is 13.7 Å². The number of carbonyl (C=O) groups is 1. The number of hydrogen-bond donors (Lipinski definition) is 0. The number of carbonyl (C=O) groups excluding carboxylic acids is 1. The maximum Gasteiger partial charge on any atom is 0.256 e. The van der Waals surface area contributed by atoms with Crippen molar-refractivity contribution in [2.45, 2.75) is 6.92 Å². The number of nitrogens with zero attached hydrogens (tertiary/aromatic N) is 1. The van der Waals surface area contributed by atoms with Gasteiger partial charge in [-0.3, -0.25) is 4.79 Å². The Morgan fingerprint density at radius 3 is 2.92 bits per heavy atom. The van der Waals surface area contributed by atoms with Gasteiger partial charge in [0, 0.05) is 11.8 Å². The molecular formula is C9H11NO3. The first kappa shape index (κ1) is 9.51. The lowest BCUT2D eigenvalue weighted by molar-refractivity contribution is 0.112. The lowest BCUT2D eigenvalue weighted by Crippen LogP contribution is -1.98. The second-order valence-electron chi connectivity index (χ2n) is 2.33. The highest BCUT2D eigenvalue weighted by Gasteiger charge is 2.05. The van der Waals surface area contributed by atoms with Crippen LogP contribution in [0.3, 0.4) is 0 Å². The number of aldehydes is 1. The van der Waals surface area contributed by atoms with Crippen molar-refractivity contribution in [1.82, 2.24) is 4.98 Å². The molecule has 0 atom stereocenters. The lowest BCUT2D eigenvalue weighted by Gasteiger charge is -2.07. The van der Waals surface area contributed by atoms with Gasteiger partial charge in [-0.15, -0.1) is 0 Å². The zero-order valence-electron chi connectivity index (χ0n) is 7.61. The maximum absolute atomic E-state index is 10.4. The fourth-order valence-corrected chi connectivity index (χ4v) is 0.924. The topological polar surface area (TPSA) is 48.4 Å². The number of pyridine rings is 1. The van der Waals surface area contributed by atoms with Gasteiger partial charge >= 0.3 is 0 Å². The SMILES string of the molecule is CCOc1cc(C=O)cnc1OC. The molecule has 0 aliphatic carbocycles. The summed E-state index contributed by atoms with van der Waals surface area (Å²) >= 11 is 0. The van der Waals surface area contributed by atoms with Crippen LogP contribution in [0.4, 0.5) is 0 Å². The van der Waals surface area contributed by atoms with E-state index in [0.29, 0.717) is 23.8 Å². The zero-order valence-corrected chi connectivity index (χ0v) is 7.61. The van der Waals surface area contributed by atoms with Crippen LogP contribution in [0.1, 0.15) is 17.3 Å². The van der Waals surface area contributed by atoms with Gasteiger partial charge in [0.1, 0.15) is 0 Å². The van der Waals surface area contributed by atoms with E-state index in [1.807, 2.05) is 6.92 Å². The molecule has 1 heterocycles. The minimum absolute atomic E-state index is 0.396. The molecule has 0 saturated carbocycles. The Bertz CT molecular complexity index is 299. The molecule has 70 valence electrons. The number of aromatic nitrogens is 1. The Balaban J connectivity index is 3.02. The van der Waals surface area contributed by atoms with Crippen molar-refractivity contribution in [1.29, 1.82) is 0 Å².